The first kappa shape index (κ1) is 21.7. The van der Waals surface area contributed by atoms with Gasteiger partial charge in [-0.15, -0.1) is 11.3 Å². The number of carbonyl (C=O) groups excluding carboxylic acids is 3. The molecule has 3 rings (SSSR count). The molecule has 0 aliphatic carbocycles. The van der Waals surface area contributed by atoms with Gasteiger partial charge in [-0.25, -0.2) is 9.78 Å². The smallest absolute Gasteiger partial charge is 0.330 e. The van der Waals surface area contributed by atoms with Crippen LogP contribution in [0.3, 0.4) is 0 Å². The Kier molecular flexibility index (Phi) is 7.69. The predicted molar refractivity (Wildman–Crippen MR) is 115 cm³/mol. The van der Waals surface area contributed by atoms with Crippen LogP contribution in [0.25, 0.3) is 17.3 Å². The molecule has 30 heavy (non-hydrogen) atoms. The highest BCUT2D eigenvalue weighted by Gasteiger charge is 2.20. The van der Waals surface area contributed by atoms with Gasteiger partial charge in [0.25, 0.3) is 5.91 Å². The second kappa shape index (κ2) is 10.7. The Hall–Kier alpha value is -3.04. The van der Waals surface area contributed by atoms with E-state index in [2.05, 4.69) is 15.6 Å². The van der Waals surface area contributed by atoms with Gasteiger partial charge in [-0.05, 0) is 13.0 Å². The van der Waals surface area contributed by atoms with Gasteiger partial charge in [0.1, 0.15) is 0 Å². The topological polar surface area (TPSA) is 101 Å². The molecule has 2 N–H and O–H groups in total. The van der Waals surface area contributed by atoms with Crippen LogP contribution in [0.2, 0.25) is 0 Å². The number of hydrogen-bond acceptors (Lipinski definition) is 7. The maximum Gasteiger partial charge on any atom is 0.330 e. The number of benzene rings is 1. The SMILES string of the molecule is CCOC(=O)/C=C/c1sc(C(=O)NCC(=O)N2CCNCC2)nc1-c1ccccc1. The number of piperazine rings is 1. The zero-order valence-corrected chi connectivity index (χ0v) is 17.5. The average molecular weight is 429 g/mol. The van der Waals surface area contributed by atoms with Crippen LogP contribution >= 0.6 is 11.3 Å². The summed E-state index contributed by atoms with van der Waals surface area (Å²) >= 11 is 1.16. The maximum atomic E-state index is 12.6. The lowest BCUT2D eigenvalue weighted by atomic mass is 10.1. The summed E-state index contributed by atoms with van der Waals surface area (Å²) in [6.45, 7) is 4.71. The standard InChI is InChI=1S/C21H24N4O4S/c1-2-29-18(27)9-8-16-19(15-6-4-3-5-7-15)24-21(30-16)20(28)23-14-17(26)25-12-10-22-11-13-25/h3-9,22H,2,10-14H2,1H3,(H,23,28)/b9-8+. The highest BCUT2D eigenvalue weighted by atomic mass is 32.1. The van der Waals surface area contributed by atoms with Crippen molar-refractivity contribution in [2.75, 3.05) is 39.3 Å². The van der Waals surface area contributed by atoms with Crippen molar-refractivity contribution in [1.29, 1.82) is 0 Å². The Balaban J connectivity index is 1.74. The molecule has 1 aliphatic heterocycles. The summed E-state index contributed by atoms with van der Waals surface area (Å²) in [4.78, 5) is 43.4. The van der Waals surface area contributed by atoms with Gasteiger partial charge in [-0.3, -0.25) is 9.59 Å². The number of ether oxygens (including phenoxy) is 1. The first-order valence-corrected chi connectivity index (χ1v) is 10.6. The van der Waals surface area contributed by atoms with Crippen molar-refractivity contribution in [1.82, 2.24) is 20.5 Å². The van der Waals surface area contributed by atoms with E-state index in [-0.39, 0.29) is 24.1 Å². The third kappa shape index (κ3) is 5.74. The molecule has 1 aromatic carbocycles. The molecule has 0 radical (unpaired) electrons. The molecule has 1 saturated heterocycles. The highest BCUT2D eigenvalue weighted by Crippen LogP contribution is 2.29. The molecule has 0 unspecified atom stereocenters. The zero-order valence-electron chi connectivity index (χ0n) is 16.7. The highest BCUT2D eigenvalue weighted by molar-refractivity contribution is 7.15. The monoisotopic (exact) mass is 428 g/mol. The molecule has 9 heteroatoms. The van der Waals surface area contributed by atoms with E-state index in [0.717, 1.165) is 30.0 Å². The lowest BCUT2D eigenvalue weighted by molar-refractivity contribution is -0.137. The number of nitrogens with one attached hydrogen (secondary N) is 2. The van der Waals surface area contributed by atoms with Crippen molar-refractivity contribution in [3.05, 3.63) is 46.3 Å². The van der Waals surface area contributed by atoms with Crippen molar-refractivity contribution in [2.45, 2.75) is 6.92 Å². The summed E-state index contributed by atoms with van der Waals surface area (Å²) in [5, 5.41) is 6.07. The van der Waals surface area contributed by atoms with Crippen LogP contribution < -0.4 is 10.6 Å². The van der Waals surface area contributed by atoms with Gasteiger partial charge < -0.3 is 20.3 Å². The number of aromatic nitrogens is 1. The van der Waals surface area contributed by atoms with Crippen molar-refractivity contribution in [3.63, 3.8) is 0 Å². The van der Waals surface area contributed by atoms with E-state index in [0.29, 0.717) is 23.7 Å². The van der Waals surface area contributed by atoms with E-state index in [4.69, 9.17) is 4.74 Å². The predicted octanol–water partition coefficient (Wildman–Crippen LogP) is 1.55. The largest absolute Gasteiger partial charge is 0.463 e. The second-order valence-electron chi connectivity index (χ2n) is 6.50. The van der Waals surface area contributed by atoms with Gasteiger partial charge in [-0.2, -0.15) is 0 Å². The van der Waals surface area contributed by atoms with Crippen molar-refractivity contribution in [3.8, 4) is 11.3 Å². The first-order chi connectivity index (χ1) is 14.6. The molecule has 0 bridgehead atoms. The Morgan fingerprint density at radius 2 is 1.97 bits per heavy atom. The van der Waals surface area contributed by atoms with Crippen LogP contribution in [0.1, 0.15) is 21.6 Å². The molecule has 158 valence electrons. The third-order valence-corrected chi connectivity index (χ3v) is 5.44. The minimum Gasteiger partial charge on any atom is -0.463 e. The van der Waals surface area contributed by atoms with Crippen LogP contribution in [0.4, 0.5) is 0 Å². The molecule has 0 atom stereocenters. The molecule has 1 fully saturated rings. The van der Waals surface area contributed by atoms with E-state index >= 15 is 0 Å². The van der Waals surface area contributed by atoms with Crippen molar-refractivity contribution in [2.24, 2.45) is 0 Å². The van der Waals surface area contributed by atoms with E-state index in [1.807, 2.05) is 30.3 Å². The van der Waals surface area contributed by atoms with Crippen LogP contribution in [-0.2, 0) is 14.3 Å². The second-order valence-corrected chi connectivity index (χ2v) is 7.53. The number of hydrogen-bond donors (Lipinski definition) is 2. The first-order valence-electron chi connectivity index (χ1n) is 9.76. The maximum absolute atomic E-state index is 12.6. The van der Waals surface area contributed by atoms with Gasteiger partial charge in [-0.1, -0.05) is 30.3 Å². The molecule has 1 aliphatic rings. The Morgan fingerprint density at radius 3 is 2.67 bits per heavy atom. The lowest BCUT2D eigenvalue weighted by Gasteiger charge is -2.27. The minimum atomic E-state index is -0.461. The fraction of sp³-hybridized carbons (Fsp3) is 0.333. The third-order valence-electron chi connectivity index (χ3n) is 4.42. The van der Waals surface area contributed by atoms with Gasteiger partial charge in [0.2, 0.25) is 5.91 Å². The Bertz CT molecular complexity index is 920. The molecule has 2 aromatic rings. The van der Waals surface area contributed by atoms with Crippen molar-refractivity contribution >= 4 is 35.2 Å². The summed E-state index contributed by atoms with van der Waals surface area (Å²) in [5.41, 5.74) is 1.42. The molecule has 2 heterocycles. The summed E-state index contributed by atoms with van der Waals surface area (Å²) < 4.78 is 4.92. The fourth-order valence-corrected chi connectivity index (χ4v) is 3.84. The van der Waals surface area contributed by atoms with E-state index in [9.17, 15) is 14.4 Å². The van der Waals surface area contributed by atoms with Gasteiger partial charge >= 0.3 is 5.97 Å². The normalized spacial score (nSPS) is 14.0. The molecule has 0 saturated carbocycles. The number of carbonyl (C=O) groups is 3. The average Bonchev–Trinajstić information content (AvgIpc) is 3.21. The number of rotatable bonds is 7. The van der Waals surface area contributed by atoms with Crippen LogP contribution in [-0.4, -0.2) is 67.0 Å². The van der Waals surface area contributed by atoms with E-state index in [1.54, 1.807) is 17.9 Å². The number of nitrogens with zero attached hydrogens (tertiary/aromatic N) is 2. The Morgan fingerprint density at radius 1 is 1.23 bits per heavy atom. The summed E-state index contributed by atoms with van der Waals surface area (Å²) in [7, 11) is 0. The van der Waals surface area contributed by atoms with Crippen LogP contribution in [0, 0.1) is 0 Å². The van der Waals surface area contributed by atoms with Gasteiger partial charge in [0.15, 0.2) is 5.01 Å². The number of esters is 1. The van der Waals surface area contributed by atoms with E-state index in [1.165, 1.54) is 6.08 Å². The van der Waals surface area contributed by atoms with Crippen LogP contribution in [0.15, 0.2) is 36.4 Å². The molecule has 2 amide bonds. The molecular formula is C21H24N4O4S. The fourth-order valence-electron chi connectivity index (χ4n) is 2.94. The van der Waals surface area contributed by atoms with Crippen LogP contribution in [0.5, 0.6) is 0 Å². The molecular weight excluding hydrogens is 404 g/mol. The number of amides is 2. The lowest BCUT2D eigenvalue weighted by Crippen LogP contribution is -2.49. The summed E-state index contributed by atoms with van der Waals surface area (Å²) in [6.07, 6.45) is 2.92. The molecule has 0 spiro atoms. The molecule has 1 aromatic heterocycles. The minimum absolute atomic E-state index is 0.0763. The van der Waals surface area contributed by atoms with Gasteiger partial charge in [0.05, 0.1) is 23.7 Å². The van der Waals surface area contributed by atoms with E-state index < -0.39 is 11.9 Å². The quantitative estimate of drug-likeness (QED) is 0.513. The summed E-state index contributed by atoms with van der Waals surface area (Å²) in [5.74, 6) is -0.999. The van der Waals surface area contributed by atoms with Gasteiger partial charge in [0, 0.05) is 37.8 Å². The summed E-state index contributed by atoms with van der Waals surface area (Å²) in [6, 6.07) is 9.40. The zero-order chi connectivity index (χ0) is 21.3. The van der Waals surface area contributed by atoms with Crippen molar-refractivity contribution < 1.29 is 19.1 Å². The Labute approximate surface area is 178 Å². The number of thiazole rings is 1. The molecule has 8 nitrogen and oxygen atoms in total.